The third-order valence-corrected chi connectivity index (χ3v) is 4.44. The van der Waals surface area contributed by atoms with E-state index in [0.717, 1.165) is 17.5 Å². The number of aromatic nitrogens is 2. The Labute approximate surface area is 129 Å². The van der Waals surface area contributed by atoms with Crippen molar-refractivity contribution < 1.29 is 0 Å². The summed E-state index contributed by atoms with van der Waals surface area (Å²) < 4.78 is 2.20. The molecule has 106 valence electrons. The highest BCUT2D eigenvalue weighted by atomic mass is 32.2. The third kappa shape index (κ3) is 3.76. The minimum absolute atomic E-state index is 0.872. The van der Waals surface area contributed by atoms with E-state index in [2.05, 4.69) is 65.0 Å². The summed E-state index contributed by atoms with van der Waals surface area (Å²) in [4.78, 5) is 4.47. The summed E-state index contributed by atoms with van der Waals surface area (Å²) in [5.74, 6) is 0.950. The lowest BCUT2D eigenvalue weighted by Crippen LogP contribution is -2.00. The van der Waals surface area contributed by atoms with Crippen LogP contribution in [0.4, 0.5) is 0 Å². The molecular formula is C18H18N2S. The highest BCUT2D eigenvalue weighted by Crippen LogP contribution is 2.22. The van der Waals surface area contributed by atoms with Gasteiger partial charge in [0, 0.05) is 24.7 Å². The molecule has 3 heteroatoms. The van der Waals surface area contributed by atoms with Gasteiger partial charge in [-0.15, -0.1) is 0 Å². The van der Waals surface area contributed by atoms with Crippen LogP contribution in [0.2, 0.25) is 0 Å². The van der Waals surface area contributed by atoms with E-state index in [4.69, 9.17) is 0 Å². The Hall–Kier alpha value is -2.00. The molecule has 0 bridgehead atoms. The fourth-order valence-corrected chi connectivity index (χ4v) is 3.08. The molecule has 0 fully saturated rings. The van der Waals surface area contributed by atoms with Crippen molar-refractivity contribution in [3.05, 3.63) is 83.7 Å². The molecule has 0 unspecified atom stereocenters. The zero-order chi connectivity index (χ0) is 14.5. The van der Waals surface area contributed by atoms with Crippen LogP contribution in [-0.2, 0) is 12.3 Å². The summed E-state index contributed by atoms with van der Waals surface area (Å²) in [5, 5.41) is 1.07. The van der Waals surface area contributed by atoms with Crippen LogP contribution in [-0.4, -0.2) is 9.55 Å². The van der Waals surface area contributed by atoms with Crippen LogP contribution >= 0.6 is 11.8 Å². The minimum Gasteiger partial charge on any atom is -0.322 e. The maximum Gasteiger partial charge on any atom is 0.168 e. The van der Waals surface area contributed by atoms with Crippen molar-refractivity contribution in [1.82, 2.24) is 9.55 Å². The molecule has 1 heterocycles. The van der Waals surface area contributed by atoms with Crippen molar-refractivity contribution in [2.45, 2.75) is 24.4 Å². The standard InChI is InChI=1S/C18H18N2S/c1-15-7-9-17(10-8-15)14-21-18-19-11-12-20(18)13-16-5-3-2-4-6-16/h2-12H,13-14H2,1H3. The molecule has 21 heavy (non-hydrogen) atoms. The van der Waals surface area contributed by atoms with Crippen LogP contribution in [0.15, 0.2) is 72.1 Å². The predicted octanol–water partition coefficient (Wildman–Crippen LogP) is 4.53. The average molecular weight is 294 g/mol. The van der Waals surface area contributed by atoms with E-state index >= 15 is 0 Å². The summed E-state index contributed by atoms with van der Waals surface area (Å²) >= 11 is 1.78. The normalized spacial score (nSPS) is 10.7. The molecule has 0 N–H and O–H groups in total. The van der Waals surface area contributed by atoms with E-state index in [0.29, 0.717) is 0 Å². The molecule has 0 aliphatic rings. The number of aryl methyl sites for hydroxylation is 1. The van der Waals surface area contributed by atoms with Gasteiger partial charge in [-0.2, -0.15) is 0 Å². The van der Waals surface area contributed by atoms with Crippen molar-refractivity contribution in [2.75, 3.05) is 0 Å². The van der Waals surface area contributed by atoms with Gasteiger partial charge in [-0.05, 0) is 18.1 Å². The number of imidazole rings is 1. The van der Waals surface area contributed by atoms with E-state index in [-0.39, 0.29) is 0 Å². The van der Waals surface area contributed by atoms with Crippen LogP contribution < -0.4 is 0 Å². The Balaban J connectivity index is 1.66. The van der Waals surface area contributed by atoms with Crippen LogP contribution in [0.1, 0.15) is 16.7 Å². The molecule has 3 aromatic rings. The monoisotopic (exact) mass is 294 g/mol. The lowest BCUT2D eigenvalue weighted by molar-refractivity contribution is 0.708. The molecule has 0 aliphatic carbocycles. The van der Waals surface area contributed by atoms with Crippen molar-refractivity contribution in [3.63, 3.8) is 0 Å². The Morgan fingerprint density at radius 2 is 1.71 bits per heavy atom. The molecule has 2 aromatic carbocycles. The first-order valence-electron chi connectivity index (χ1n) is 7.05. The van der Waals surface area contributed by atoms with Gasteiger partial charge in [0.1, 0.15) is 0 Å². The van der Waals surface area contributed by atoms with E-state index < -0.39 is 0 Å². The van der Waals surface area contributed by atoms with E-state index in [1.807, 2.05) is 18.5 Å². The predicted molar refractivity (Wildman–Crippen MR) is 88.5 cm³/mol. The first-order valence-corrected chi connectivity index (χ1v) is 8.03. The molecule has 0 radical (unpaired) electrons. The Morgan fingerprint density at radius 1 is 0.952 bits per heavy atom. The van der Waals surface area contributed by atoms with Crippen LogP contribution in [0.5, 0.6) is 0 Å². The number of nitrogens with zero attached hydrogens (tertiary/aromatic N) is 2. The summed E-state index contributed by atoms with van der Waals surface area (Å²) in [6, 6.07) is 19.2. The smallest absolute Gasteiger partial charge is 0.168 e. The topological polar surface area (TPSA) is 17.8 Å². The Bertz CT molecular complexity index is 687. The maximum absolute atomic E-state index is 4.47. The molecule has 0 amide bonds. The maximum atomic E-state index is 4.47. The molecule has 0 saturated carbocycles. The van der Waals surface area contributed by atoms with Gasteiger partial charge in [0.05, 0.1) is 0 Å². The van der Waals surface area contributed by atoms with Crippen LogP contribution in [0.3, 0.4) is 0 Å². The van der Waals surface area contributed by atoms with E-state index in [1.165, 1.54) is 16.7 Å². The van der Waals surface area contributed by atoms with Crippen molar-refractivity contribution in [1.29, 1.82) is 0 Å². The Morgan fingerprint density at radius 3 is 2.48 bits per heavy atom. The van der Waals surface area contributed by atoms with Gasteiger partial charge in [-0.1, -0.05) is 71.9 Å². The van der Waals surface area contributed by atoms with Crippen LogP contribution in [0, 0.1) is 6.92 Å². The number of thioether (sulfide) groups is 1. The second-order valence-corrected chi connectivity index (χ2v) is 6.04. The number of hydrogen-bond donors (Lipinski definition) is 0. The first kappa shape index (κ1) is 14.0. The summed E-state index contributed by atoms with van der Waals surface area (Å²) in [7, 11) is 0. The first-order chi connectivity index (χ1) is 10.3. The molecule has 3 rings (SSSR count). The van der Waals surface area contributed by atoms with Crippen molar-refractivity contribution in [2.24, 2.45) is 0 Å². The quantitative estimate of drug-likeness (QED) is 0.643. The van der Waals surface area contributed by atoms with Gasteiger partial charge in [-0.3, -0.25) is 0 Å². The Kier molecular flexibility index (Phi) is 4.41. The molecule has 0 aliphatic heterocycles. The highest BCUT2D eigenvalue weighted by Gasteiger charge is 2.05. The SMILES string of the molecule is Cc1ccc(CSc2nccn2Cc2ccccc2)cc1. The number of hydrogen-bond acceptors (Lipinski definition) is 2. The van der Waals surface area contributed by atoms with Crippen molar-refractivity contribution in [3.8, 4) is 0 Å². The second kappa shape index (κ2) is 6.64. The van der Waals surface area contributed by atoms with Gasteiger partial charge in [0.2, 0.25) is 0 Å². The molecule has 0 spiro atoms. The lowest BCUT2D eigenvalue weighted by atomic mass is 10.2. The van der Waals surface area contributed by atoms with Crippen LogP contribution in [0.25, 0.3) is 0 Å². The lowest BCUT2D eigenvalue weighted by Gasteiger charge is -2.08. The fourth-order valence-electron chi connectivity index (χ4n) is 2.17. The zero-order valence-electron chi connectivity index (χ0n) is 12.1. The third-order valence-electron chi connectivity index (χ3n) is 3.36. The van der Waals surface area contributed by atoms with Gasteiger partial charge >= 0.3 is 0 Å². The van der Waals surface area contributed by atoms with E-state index in [9.17, 15) is 0 Å². The molecule has 0 atom stereocenters. The molecule has 0 saturated heterocycles. The average Bonchev–Trinajstić information content (AvgIpc) is 2.95. The molecule has 1 aromatic heterocycles. The fraction of sp³-hybridized carbons (Fsp3) is 0.167. The summed E-state index contributed by atoms with van der Waals surface area (Å²) in [6.45, 7) is 2.99. The van der Waals surface area contributed by atoms with Gasteiger partial charge in [0.25, 0.3) is 0 Å². The van der Waals surface area contributed by atoms with Gasteiger partial charge in [0.15, 0.2) is 5.16 Å². The molecule has 2 nitrogen and oxygen atoms in total. The molecular weight excluding hydrogens is 276 g/mol. The largest absolute Gasteiger partial charge is 0.322 e. The minimum atomic E-state index is 0.872. The van der Waals surface area contributed by atoms with Gasteiger partial charge in [-0.25, -0.2) is 4.98 Å². The number of rotatable bonds is 5. The summed E-state index contributed by atoms with van der Waals surface area (Å²) in [5.41, 5.74) is 3.93. The second-order valence-electron chi connectivity index (χ2n) is 5.10. The van der Waals surface area contributed by atoms with Gasteiger partial charge < -0.3 is 4.57 Å². The van der Waals surface area contributed by atoms with Crippen molar-refractivity contribution >= 4 is 11.8 Å². The summed E-state index contributed by atoms with van der Waals surface area (Å²) in [6.07, 6.45) is 3.92. The zero-order valence-corrected chi connectivity index (χ0v) is 12.9. The van der Waals surface area contributed by atoms with E-state index in [1.54, 1.807) is 11.8 Å². The number of benzene rings is 2. The highest BCUT2D eigenvalue weighted by molar-refractivity contribution is 7.98.